The maximum absolute atomic E-state index is 12.5. The van der Waals surface area contributed by atoms with Crippen molar-refractivity contribution >= 4 is 38.4 Å². The molecule has 0 aliphatic carbocycles. The van der Waals surface area contributed by atoms with Crippen molar-refractivity contribution in [2.75, 3.05) is 17.9 Å². The van der Waals surface area contributed by atoms with Gasteiger partial charge in [-0.2, -0.15) is 8.42 Å². The topological polar surface area (TPSA) is 60.4 Å². The zero-order valence-corrected chi connectivity index (χ0v) is 15.1. The van der Waals surface area contributed by atoms with Gasteiger partial charge >= 0.3 is 0 Å². The Bertz CT molecular complexity index is 559. The lowest BCUT2D eigenvalue weighted by Gasteiger charge is -2.15. The van der Waals surface area contributed by atoms with Crippen molar-refractivity contribution < 1.29 is 17.2 Å². The third kappa shape index (κ3) is 5.45. The van der Waals surface area contributed by atoms with Crippen LogP contribution in [0.4, 0.5) is 0 Å². The number of aryl methyl sites for hydroxylation is 1. The zero-order chi connectivity index (χ0) is 15.2. The molecule has 114 valence electrons. The Morgan fingerprint density at radius 3 is 2.05 bits per heavy atom. The molecule has 20 heavy (non-hydrogen) atoms. The Morgan fingerprint density at radius 2 is 1.60 bits per heavy atom. The van der Waals surface area contributed by atoms with Crippen molar-refractivity contribution in [3.05, 3.63) is 29.8 Å². The van der Waals surface area contributed by atoms with Gasteiger partial charge in [0.2, 0.25) is 5.55 Å². The largest absolute Gasteiger partial charge is 0.298 e. The van der Waals surface area contributed by atoms with Gasteiger partial charge in [-0.05, 0) is 30.6 Å². The van der Waals surface area contributed by atoms with Crippen LogP contribution in [0.15, 0.2) is 29.2 Å². The van der Waals surface area contributed by atoms with Crippen molar-refractivity contribution in [2.45, 2.75) is 25.7 Å². The fourth-order valence-corrected chi connectivity index (χ4v) is 10.5. The van der Waals surface area contributed by atoms with Crippen molar-refractivity contribution in [1.82, 2.24) is 0 Å². The van der Waals surface area contributed by atoms with E-state index in [-0.39, 0.29) is 11.2 Å². The third-order valence-corrected chi connectivity index (χ3v) is 12.0. The van der Waals surface area contributed by atoms with Gasteiger partial charge in [0.15, 0.2) is 0 Å². The molecule has 1 aromatic rings. The summed E-state index contributed by atoms with van der Waals surface area (Å²) in [6.45, 7) is 5.66. The summed E-state index contributed by atoms with van der Waals surface area (Å²) in [6.07, 6.45) is -0.264. The van der Waals surface area contributed by atoms with Gasteiger partial charge < -0.3 is 0 Å². The highest BCUT2D eigenvalue weighted by Gasteiger charge is 2.26. The van der Waals surface area contributed by atoms with Crippen LogP contribution in [-0.4, -0.2) is 26.3 Å². The van der Waals surface area contributed by atoms with Crippen LogP contribution in [0.5, 0.6) is 0 Å². The smallest absolute Gasteiger partial charge is 0.297 e. The average Bonchev–Trinajstić information content (AvgIpc) is 2.38. The molecule has 0 amide bonds. The van der Waals surface area contributed by atoms with Gasteiger partial charge in [-0.25, -0.2) is 0 Å². The van der Waals surface area contributed by atoms with Crippen LogP contribution < -0.4 is 0 Å². The minimum Gasteiger partial charge on any atom is -0.298 e. The molecule has 0 heterocycles. The number of hydrogen-bond acceptors (Lipinski definition) is 6. The lowest BCUT2D eigenvalue weighted by Crippen LogP contribution is -2.07. The van der Waals surface area contributed by atoms with Crippen LogP contribution in [0.25, 0.3) is 0 Å². The first-order chi connectivity index (χ1) is 9.33. The summed E-state index contributed by atoms with van der Waals surface area (Å²) in [6, 6.07) is 6.40. The normalized spacial score (nSPS) is 12.6. The van der Waals surface area contributed by atoms with Gasteiger partial charge in [-0.15, -0.1) is 0 Å². The van der Waals surface area contributed by atoms with E-state index in [4.69, 9.17) is 4.18 Å². The Morgan fingerprint density at radius 1 is 1.10 bits per heavy atom. The summed E-state index contributed by atoms with van der Waals surface area (Å²) in [5.74, 6) is 1.33. The highest BCUT2D eigenvalue weighted by molar-refractivity contribution is 8.90. The molecule has 1 rings (SSSR count). The second-order valence-corrected chi connectivity index (χ2v) is 14.5. The lowest BCUT2D eigenvalue weighted by atomic mass is 10.2. The van der Waals surface area contributed by atoms with E-state index in [1.807, 2.05) is 20.8 Å². The van der Waals surface area contributed by atoms with Crippen molar-refractivity contribution in [1.29, 1.82) is 0 Å². The summed E-state index contributed by atoms with van der Waals surface area (Å²) in [7, 11) is -3.85. The highest BCUT2D eigenvalue weighted by atomic mass is 33.1. The second-order valence-electron chi connectivity index (χ2n) is 3.96. The van der Waals surface area contributed by atoms with Gasteiger partial charge in [0.1, 0.15) is 6.35 Å². The monoisotopic (exact) mass is 354 g/mol. The van der Waals surface area contributed by atoms with E-state index in [0.717, 1.165) is 5.56 Å². The summed E-state index contributed by atoms with van der Waals surface area (Å²) >= 11 is 2.54. The molecule has 0 aliphatic heterocycles. The Labute approximate surface area is 129 Å². The average molecular weight is 354 g/mol. The molecule has 0 atom stereocenters. The molecule has 0 aliphatic rings. The molecule has 0 N–H and O–H groups in total. The minimum absolute atomic E-state index is 0.0950. The summed E-state index contributed by atoms with van der Waals surface area (Å²) < 4.78 is 41.5. The van der Waals surface area contributed by atoms with E-state index in [2.05, 4.69) is 0 Å². The minimum atomic E-state index is -3.85. The molecule has 8 heteroatoms. The van der Waals surface area contributed by atoms with E-state index in [9.17, 15) is 13.0 Å². The van der Waals surface area contributed by atoms with Crippen molar-refractivity contribution in [3.8, 4) is 0 Å². The molecule has 0 aromatic heterocycles. The van der Waals surface area contributed by atoms with Crippen LogP contribution in [-0.2, 0) is 18.9 Å². The Kier molecular flexibility index (Phi) is 7.15. The maximum atomic E-state index is 12.5. The first kappa shape index (κ1) is 18.1. The standard InChI is InChI=1S/C12H19O4PS3/c1-4-18-17(13,19-5-2)10-16-20(14,15)12-8-6-11(3)7-9-12/h6-9H,4-5,10H2,1-3H3. The number of benzene rings is 1. The second kappa shape index (κ2) is 7.90. The fraction of sp³-hybridized carbons (Fsp3) is 0.500. The first-order valence-corrected chi connectivity index (χ1v) is 12.7. The summed E-state index contributed by atoms with van der Waals surface area (Å²) in [5.41, 5.74) is -1.74. The van der Waals surface area contributed by atoms with Crippen LogP contribution in [0.1, 0.15) is 19.4 Å². The quantitative estimate of drug-likeness (QED) is 0.511. The molecule has 0 fully saturated rings. The molecular formula is C12H19O4PS3. The molecule has 4 nitrogen and oxygen atoms in total. The van der Waals surface area contributed by atoms with Crippen molar-refractivity contribution in [2.24, 2.45) is 0 Å². The van der Waals surface area contributed by atoms with Gasteiger partial charge in [0, 0.05) is 0 Å². The molecule has 0 radical (unpaired) electrons. The summed E-state index contributed by atoms with van der Waals surface area (Å²) in [4.78, 5) is 0.0950. The van der Waals surface area contributed by atoms with E-state index < -0.39 is 15.7 Å². The lowest BCUT2D eigenvalue weighted by molar-refractivity contribution is 0.373. The predicted molar refractivity (Wildman–Crippen MR) is 88.2 cm³/mol. The maximum Gasteiger partial charge on any atom is 0.297 e. The van der Waals surface area contributed by atoms with E-state index in [1.165, 1.54) is 34.9 Å². The number of rotatable bonds is 8. The molecule has 1 aromatic carbocycles. The Hall–Kier alpha value is 0.0600. The fourth-order valence-electron chi connectivity index (χ4n) is 1.41. The van der Waals surface area contributed by atoms with Crippen LogP contribution >= 0.6 is 28.3 Å². The van der Waals surface area contributed by atoms with Gasteiger partial charge in [-0.1, -0.05) is 54.3 Å². The van der Waals surface area contributed by atoms with E-state index >= 15 is 0 Å². The van der Waals surface area contributed by atoms with Crippen LogP contribution in [0.3, 0.4) is 0 Å². The zero-order valence-electron chi connectivity index (χ0n) is 11.7. The van der Waals surface area contributed by atoms with E-state index in [1.54, 1.807) is 12.1 Å². The van der Waals surface area contributed by atoms with Gasteiger partial charge in [0.05, 0.1) is 4.90 Å². The molecule has 0 saturated carbocycles. The molecule has 0 unspecified atom stereocenters. The molecule has 0 saturated heterocycles. The number of hydrogen-bond donors (Lipinski definition) is 0. The van der Waals surface area contributed by atoms with E-state index in [0.29, 0.717) is 11.5 Å². The van der Waals surface area contributed by atoms with Gasteiger partial charge in [0.25, 0.3) is 10.1 Å². The third-order valence-electron chi connectivity index (χ3n) is 2.33. The first-order valence-electron chi connectivity index (χ1n) is 6.17. The molecule has 0 spiro atoms. The van der Waals surface area contributed by atoms with Gasteiger partial charge in [-0.3, -0.25) is 8.75 Å². The van der Waals surface area contributed by atoms with Crippen molar-refractivity contribution in [3.63, 3.8) is 0 Å². The SMILES string of the molecule is CCSP(=O)(COS(=O)(=O)c1ccc(C)cc1)SCC. The highest BCUT2D eigenvalue weighted by Crippen LogP contribution is 2.68. The predicted octanol–water partition coefficient (Wildman–Crippen LogP) is 4.36. The molecular weight excluding hydrogens is 335 g/mol. The van der Waals surface area contributed by atoms with Crippen LogP contribution in [0, 0.1) is 6.92 Å². The Balaban J connectivity index is 2.81. The molecule has 0 bridgehead atoms. The van der Waals surface area contributed by atoms with Crippen LogP contribution in [0.2, 0.25) is 0 Å². The summed E-state index contributed by atoms with van der Waals surface area (Å²) in [5, 5.41) is 0.